The normalized spacial score (nSPS) is 11.5. The van der Waals surface area contributed by atoms with E-state index in [1.807, 2.05) is 85.3 Å². The summed E-state index contributed by atoms with van der Waals surface area (Å²) in [7, 11) is 1.93. The Hall–Kier alpha value is -4.55. The quantitative estimate of drug-likeness (QED) is 0.0933. The van der Waals surface area contributed by atoms with Crippen LogP contribution in [0.1, 0.15) is 23.1 Å². The van der Waals surface area contributed by atoms with Gasteiger partial charge in [-0.25, -0.2) is 5.01 Å². The van der Waals surface area contributed by atoms with Crippen molar-refractivity contribution in [2.24, 2.45) is 5.73 Å². The SMILES string of the molecule is C=CCN(CCC=O)NCc1ccccc1.C=O.CN(Cc1cccc2c1OCO2)CC(N)NC=O.Cc1ccc(O)cc1. The van der Waals surface area contributed by atoms with Crippen LogP contribution >= 0.6 is 0 Å². The standard InChI is InChI=1S/C13H18N2O.C12H17N3O3.C7H8O.CH2O/c1-2-9-15(10-6-11-16)14-12-13-7-4-3-5-8-13;1-15(6-11(13)14-7-16)5-9-3-2-4-10-12(9)18-8-17-10;1-6-2-4-7(8)5-3-6;1-2/h2-5,7-8,11,14H,1,6,9-10,12H2;2-4,7,11H,5-6,8,13H2,1H3,(H,14,16);2-5,8H,1H3;1H2. The molecule has 0 aliphatic carbocycles. The van der Waals surface area contributed by atoms with Crippen molar-refractivity contribution in [2.75, 3.05) is 33.5 Å². The second-order valence-electron chi connectivity index (χ2n) is 9.58. The summed E-state index contributed by atoms with van der Waals surface area (Å²) in [6.45, 7) is 11.4. The molecule has 0 radical (unpaired) electrons. The Morgan fingerprint density at radius 1 is 1.02 bits per heavy atom. The summed E-state index contributed by atoms with van der Waals surface area (Å²) in [6.07, 6.45) is 3.52. The number of para-hydroxylation sites is 1. The monoisotopic (exact) mass is 607 g/mol. The molecule has 1 aliphatic heterocycles. The number of likely N-dealkylation sites (N-methyl/N-ethyl adjacent to an activating group) is 1. The predicted octanol–water partition coefficient (Wildman–Crippen LogP) is 3.16. The topological polar surface area (TPSA) is 146 Å². The summed E-state index contributed by atoms with van der Waals surface area (Å²) >= 11 is 0. The molecule has 3 aromatic rings. The maximum atomic E-state index is 10.3. The molecule has 0 saturated carbocycles. The van der Waals surface area contributed by atoms with E-state index in [1.165, 1.54) is 11.1 Å². The number of hydrogen-bond donors (Lipinski definition) is 4. The molecular formula is C33H45N5O6. The Labute approximate surface area is 260 Å². The van der Waals surface area contributed by atoms with Gasteiger partial charge in [-0.15, -0.1) is 6.58 Å². The number of nitrogens with zero attached hydrogens (tertiary/aromatic N) is 2. The number of ether oxygens (including phenoxy) is 2. The van der Waals surface area contributed by atoms with Crippen molar-refractivity contribution in [3.05, 3.63) is 102 Å². The highest BCUT2D eigenvalue weighted by Crippen LogP contribution is 2.35. The van der Waals surface area contributed by atoms with Gasteiger partial charge in [0.15, 0.2) is 11.5 Å². The fraction of sp³-hybridized carbons (Fsp3) is 0.303. The van der Waals surface area contributed by atoms with Gasteiger partial charge >= 0.3 is 0 Å². The Morgan fingerprint density at radius 3 is 2.34 bits per heavy atom. The number of nitrogens with two attached hydrogens (primary N) is 1. The predicted molar refractivity (Wildman–Crippen MR) is 172 cm³/mol. The highest BCUT2D eigenvalue weighted by molar-refractivity contribution is 5.49. The number of hydrogen-bond acceptors (Lipinski definition) is 10. The van der Waals surface area contributed by atoms with Gasteiger partial charge < -0.3 is 35.2 Å². The number of benzene rings is 3. The van der Waals surface area contributed by atoms with E-state index in [1.54, 1.807) is 12.1 Å². The summed E-state index contributed by atoms with van der Waals surface area (Å²) in [5, 5.41) is 13.3. The molecule has 44 heavy (non-hydrogen) atoms. The van der Waals surface area contributed by atoms with Crippen molar-refractivity contribution < 1.29 is 29.0 Å². The Balaban J connectivity index is 0.000000341. The number of aryl methyl sites for hydroxylation is 1. The third-order valence-electron chi connectivity index (χ3n) is 5.96. The average molecular weight is 608 g/mol. The minimum Gasteiger partial charge on any atom is -0.508 e. The number of fused-ring (bicyclic) bond motifs is 1. The number of carbonyl (C=O) groups excluding carboxylic acids is 3. The van der Waals surface area contributed by atoms with Gasteiger partial charge in [0.05, 0.1) is 6.17 Å². The van der Waals surface area contributed by atoms with Gasteiger partial charge in [0.2, 0.25) is 13.2 Å². The highest BCUT2D eigenvalue weighted by atomic mass is 16.7. The number of amides is 1. The summed E-state index contributed by atoms with van der Waals surface area (Å²) in [5.74, 6) is 1.90. The van der Waals surface area contributed by atoms with Crippen molar-refractivity contribution in [2.45, 2.75) is 32.6 Å². The van der Waals surface area contributed by atoms with Crippen molar-refractivity contribution >= 4 is 19.5 Å². The zero-order chi connectivity index (χ0) is 32.6. The molecule has 1 heterocycles. The van der Waals surface area contributed by atoms with Crippen LogP contribution in [0.3, 0.4) is 0 Å². The maximum absolute atomic E-state index is 10.3. The van der Waals surface area contributed by atoms with E-state index in [0.717, 1.165) is 36.4 Å². The van der Waals surface area contributed by atoms with Gasteiger partial charge in [-0.3, -0.25) is 15.1 Å². The van der Waals surface area contributed by atoms with Gasteiger partial charge in [0.25, 0.3) is 0 Å². The van der Waals surface area contributed by atoms with Crippen LogP contribution in [0.4, 0.5) is 0 Å². The van der Waals surface area contributed by atoms with E-state index in [2.05, 4.69) is 29.5 Å². The molecule has 238 valence electrons. The number of phenols is 1. The Bertz CT molecular complexity index is 1190. The van der Waals surface area contributed by atoms with E-state index in [0.29, 0.717) is 38.2 Å². The fourth-order valence-electron chi connectivity index (χ4n) is 3.89. The molecule has 1 amide bonds. The highest BCUT2D eigenvalue weighted by Gasteiger charge is 2.18. The molecular weight excluding hydrogens is 562 g/mol. The molecule has 1 unspecified atom stereocenters. The molecule has 0 aromatic heterocycles. The molecule has 11 heteroatoms. The first-order valence-electron chi connectivity index (χ1n) is 14.0. The van der Waals surface area contributed by atoms with Crippen molar-refractivity contribution in [3.63, 3.8) is 0 Å². The van der Waals surface area contributed by atoms with E-state index in [4.69, 9.17) is 25.1 Å². The van der Waals surface area contributed by atoms with Gasteiger partial charge in [0, 0.05) is 44.7 Å². The minimum atomic E-state index is -0.374. The lowest BCUT2D eigenvalue weighted by Crippen LogP contribution is -2.45. The van der Waals surface area contributed by atoms with Crippen LogP contribution < -0.4 is 25.9 Å². The number of carbonyl (C=O) groups is 3. The molecule has 0 bridgehead atoms. The van der Waals surface area contributed by atoms with Crippen molar-refractivity contribution in [1.82, 2.24) is 20.7 Å². The van der Waals surface area contributed by atoms with Crippen LogP contribution in [0.2, 0.25) is 0 Å². The molecule has 1 atom stereocenters. The van der Waals surface area contributed by atoms with Crippen molar-refractivity contribution in [3.8, 4) is 17.2 Å². The second kappa shape index (κ2) is 23.0. The largest absolute Gasteiger partial charge is 0.508 e. The van der Waals surface area contributed by atoms with Crippen molar-refractivity contribution in [1.29, 1.82) is 0 Å². The molecule has 0 spiro atoms. The van der Waals surface area contributed by atoms with E-state index < -0.39 is 0 Å². The summed E-state index contributed by atoms with van der Waals surface area (Å²) < 4.78 is 10.7. The van der Waals surface area contributed by atoms with Crippen LogP contribution in [-0.2, 0) is 27.5 Å². The van der Waals surface area contributed by atoms with Crippen LogP contribution in [0.5, 0.6) is 17.2 Å². The zero-order valence-electron chi connectivity index (χ0n) is 25.6. The number of hydrazine groups is 1. The number of aldehydes is 1. The third-order valence-corrected chi connectivity index (χ3v) is 5.96. The number of aromatic hydroxyl groups is 1. The summed E-state index contributed by atoms with van der Waals surface area (Å²) in [6, 6.07) is 23.1. The van der Waals surface area contributed by atoms with Crippen LogP contribution in [-0.4, -0.2) is 74.1 Å². The molecule has 1 aliphatic rings. The number of phenolic OH excluding ortho intramolecular Hbond substituents is 1. The first-order valence-corrected chi connectivity index (χ1v) is 14.0. The average Bonchev–Trinajstić information content (AvgIpc) is 3.52. The molecule has 0 fully saturated rings. The lowest BCUT2D eigenvalue weighted by Gasteiger charge is -2.21. The third kappa shape index (κ3) is 15.6. The van der Waals surface area contributed by atoms with Gasteiger partial charge in [-0.2, -0.15) is 0 Å². The molecule has 5 N–H and O–H groups in total. The van der Waals surface area contributed by atoms with Gasteiger partial charge in [0.1, 0.15) is 18.8 Å². The first kappa shape index (κ1) is 37.5. The maximum Gasteiger partial charge on any atom is 0.231 e. The summed E-state index contributed by atoms with van der Waals surface area (Å²) in [4.78, 5) is 30.6. The lowest BCUT2D eigenvalue weighted by molar-refractivity contribution is -0.110. The number of rotatable bonds is 14. The molecule has 3 aromatic carbocycles. The van der Waals surface area contributed by atoms with Gasteiger partial charge in [-0.05, 0) is 37.7 Å². The lowest BCUT2D eigenvalue weighted by atomic mass is 10.1. The van der Waals surface area contributed by atoms with Gasteiger partial charge in [-0.1, -0.05) is 66.2 Å². The second-order valence-corrected chi connectivity index (χ2v) is 9.58. The van der Waals surface area contributed by atoms with Crippen LogP contribution in [0.25, 0.3) is 0 Å². The number of nitrogens with one attached hydrogen (secondary N) is 2. The zero-order valence-corrected chi connectivity index (χ0v) is 25.6. The molecule has 11 nitrogen and oxygen atoms in total. The van der Waals surface area contributed by atoms with Crippen LogP contribution in [0, 0.1) is 6.92 Å². The van der Waals surface area contributed by atoms with E-state index >= 15 is 0 Å². The first-order chi connectivity index (χ1) is 21.4. The summed E-state index contributed by atoms with van der Waals surface area (Å²) in [5.41, 5.74) is 12.4. The van der Waals surface area contributed by atoms with Crippen LogP contribution in [0.15, 0.2) is 85.5 Å². The smallest absolute Gasteiger partial charge is 0.231 e. The molecule has 0 saturated heterocycles. The van der Waals surface area contributed by atoms with E-state index in [-0.39, 0.29) is 13.0 Å². The fourth-order valence-corrected chi connectivity index (χ4v) is 3.89. The minimum absolute atomic E-state index is 0.266. The Morgan fingerprint density at radius 2 is 1.73 bits per heavy atom. The molecule has 4 rings (SSSR count). The van der Waals surface area contributed by atoms with E-state index in [9.17, 15) is 9.59 Å². The Kier molecular flexibility index (Phi) is 19.6.